The second-order valence-corrected chi connectivity index (χ2v) is 9.61. The molecule has 9 heteroatoms. The summed E-state index contributed by atoms with van der Waals surface area (Å²) in [5, 5.41) is 11.5. The number of nitrogens with zero attached hydrogens (tertiary/aromatic N) is 1. The van der Waals surface area contributed by atoms with Crippen LogP contribution in [0.25, 0.3) is 0 Å². The molecule has 6 nitrogen and oxygen atoms in total. The summed E-state index contributed by atoms with van der Waals surface area (Å²) in [5.74, 6) is -1.45. The normalized spacial score (nSPS) is 15.6. The Balaban J connectivity index is 2.53. The molecule has 0 saturated heterocycles. The average Bonchev–Trinajstić information content (AvgIpc) is 2.65. The molecular weight excluding hydrogens is 444 g/mol. The Morgan fingerprint density at radius 1 is 0.875 bits per heavy atom. The Hall–Kier alpha value is -1.65. The van der Waals surface area contributed by atoms with Crippen LogP contribution in [0.15, 0.2) is 48.5 Å². The fourth-order valence-corrected chi connectivity index (χ4v) is 4.53. The maximum atomic E-state index is 13.5. The Labute approximate surface area is 189 Å². The summed E-state index contributed by atoms with van der Waals surface area (Å²) >= 11 is 0. The zero-order chi connectivity index (χ0) is 24.3. The van der Waals surface area contributed by atoms with Gasteiger partial charge >= 0.3 is 0 Å². The van der Waals surface area contributed by atoms with E-state index in [1.807, 2.05) is 0 Å². The molecule has 2 atom stereocenters. The lowest BCUT2D eigenvalue weighted by Crippen LogP contribution is -2.68. The van der Waals surface area contributed by atoms with E-state index in [1.54, 1.807) is 56.9 Å². The molecule has 2 aromatic rings. The van der Waals surface area contributed by atoms with Gasteiger partial charge in [0.1, 0.15) is 17.2 Å². The van der Waals surface area contributed by atoms with Crippen LogP contribution in [-0.4, -0.2) is 33.9 Å². The van der Waals surface area contributed by atoms with E-state index in [0.29, 0.717) is 11.1 Å². The summed E-state index contributed by atoms with van der Waals surface area (Å²) in [7, 11) is -4.84. The summed E-state index contributed by atoms with van der Waals surface area (Å²) in [6.45, 7) is 8.54. The molecule has 0 aliphatic heterocycles. The van der Waals surface area contributed by atoms with E-state index in [1.165, 1.54) is 31.2 Å². The van der Waals surface area contributed by atoms with Gasteiger partial charge in [-0.1, -0.05) is 24.3 Å². The molecule has 0 fully saturated rings. The Bertz CT molecular complexity index is 801. The van der Waals surface area contributed by atoms with Gasteiger partial charge in [-0.15, -0.1) is 0 Å². The number of hydrogen-bond acceptors (Lipinski definition) is 6. The van der Waals surface area contributed by atoms with E-state index in [-0.39, 0.29) is 18.5 Å². The van der Waals surface area contributed by atoms with Gasteiger partial charge in [-0.3, -0.25) is 4.90 Å². The van der Waals surface area contributed by atoms with Gasteiger partial charge < -0.3 is 5.11 Å². The highest BCUT2D eigenvalue weighted by atomic mass is 35.7. The van der Waals surface area contributed by atoms with Gasteiger partial charge in [0, 0.05) is 18.0 Å². The zero-order valence-corrected chi connectivity index (χ0v) is 19.6. The van der Waals surface area contributed by atoms with Crippen LogP contribution in [0, 0.1) is 21.9 Å². The minimum absolute atomic E-state index is 0.0874. The van der Waals surface area contributed by atoms with Gasteiger partial charge in [-0.2, -0.15) is 14.0 Å². The second-order valence-electron chi connectivity index (χ2n) is 8.67. The fraction of sp³-hybridized carbons (Fsp3) is 0.478. The van der Waals surface area contributed by atoms with E-state index >= 15 is 0 Å². The molecule has 178 valence electrons. The summed E-state index contributed by atoms with van der Waals surface area (Å²) in [6, 6.07) is 10.7. The van der Waals surface area contributed by atoms with Crippen molar-refractivity contribution in [1.29, 1.82) is 0 Å². The third kappa shape index (κ3) is 7.18. The highest BCUT2D eigenvalue weighted by Crippen LogP contribution is 2.37. The van der Waals surface area contributed by atoms with Gasteiger partial charge in [0.15, 0.2) is 0 Å². The van der Waals surface area contributed by atoms with Crippen molar-refractivity contribution in [3.63, 3.8) is 0 Å². The van der Waals surface area contributed by atoms with E-state index in [0.717, 1.165) is 0 Å². The van der Waals surface area contributed by atoms with Gasteiger partial charge in [-0.25, -0.2) is 8.78 Å². The molecule has 0 aliphatic carbocycles. The number of rotatable bonds is 10. The fourth-order valence-electron chi connectivity index (χ4n) is 4.04. The molecule has 2 unspecified atom stereocenters. The number of halogens is 3. The molecule has 1 N–H and O–H groups in total. The lowest BCUT2D eigenvalue weighted by atomic mass is 9.81. The molecule has 0 aromatic heterocycles. The molecule has 0 amide bonds. The van der Waals surface area contributed by atoms with Crippen molar-refractivity contribution in [3.05, 3.63) is 71.3 Å². The van der Waals surface area contributed by atoms with Crippen molar-refractivity contribution in [2.45, 2.75) is 70.9 Å². The molecule has 0 heterocycles. The molecule has 32 heavy (non-hydrogen) atoms. The maximum absolute atomic E-state index is 13.5. The Morgan fingerprint density at radius 2 is 1.25 bits per heavy atom. The molecular formula is C23H30ClF2NO5. The molecule has 2 rings (SSSR count). The summed E-state index contributed by atoms with van der Waals surface area (Å²) in [5.41, 5.74) is -0.590. The molecule has 0 bridgehead atoms. The van der Waals surface area contributed by atoms with Gasteiger partial charge in [0.05, 0.1) is 14.5 Å². The van der Waals surface area contributed by atoms with E-state index in [4.69, 9.17) is 4.29 Å². The van der Waals surface area contributed by atoms with Crippen molar-refractivity contribution >= 4 is 0 Å². The van der Waals surface area contributed by atoms with Crippen molar-refractivity contribution in [2.24, 2.45) is 0 Å². The van der Waals surface area contributed by atoms with Crippen molar-refractivity contribution < 1.29 is 42.4 Å². The quantitative estimate of drug-likeness (QED) is 0.526. The Kier molecular flexibility index (Phi) is 8.75. The van der Waals surface area contributed by atoms with Crippen LogP contribution in [0.5, 0.6) is 0 Å². The van der Waals surface area contributed by atoms with Crippen LogP contribution >= 0.6 is 0 Å². The molecule has 0 radical (unpaired) electrons. The molecule has 2 aromatic carbocycles. The number of aliphatic hydroxyl groups is 1. The molecule has 0 saturated carbocycles. The van der Waals surface area contributed by atoms with Gasteiger partial charge in [-0.05, 0) is 76.4 Å². The van der Waals surface area contributed by atoms with Crippen molar-refractivity contribution in [2.75, 3.05) is 0 Å². The predicted octanol–water partition coefficient (Wildman–Crippen LogP) is 1.60. The van der Waals surface area contributed by atoms with Crippen LogP contribution in [-0.2, 0) is 4.29 Å². The zero-order valence-electron chi connectivity index (χ0n) is 18.8. The van der Waals surface area contributed by atoms with Crippen molar-refractivity contribution in [1.82, 2.24) is 4.90 Å². The molecule has 0 spiro atoms. The van der Waals surface area contributed by atoms with Gasteiger partial charge in [0.25, 0.3) is 6.23 Å². The van der Waals surface area contributed by atoms with Crippen molar-refractivity contribution in [3.8, 4) is 0 Å². The van der Waals surface area contributed by atoms with Crippen LogP contribution in [0.1, 0.15) is 58.1 Å². The smallest absolute Gasteiger partial charge is 0.296 e. The topological polar surface area (TPSA) is 102 Å². The largest absolute Gasteiger partial charge is 0.385 e. The summed E-state index contributed by atoms with van der Waals surface area (Å²) < 4.78 is 66.4. The van der Waals surface area contributed by atoms with E-state index in [9.17, 15) is 27.9 Å². The first-order valence-corrected chi connectivity index (χ1v) is 11.5. The SMILES string of the molecule is CC(C)N(C(C)C)C(O[Cl+3]([O-])([O-])[O-])C(C)(O)CC(c1ccc(F)cc1)c1ccc(F)cc1. The highest BCUT2D eigenvalue weighted by Gasteiger charge is 2.50. The summed E-state index contributed by atoms with van der Waals surface area (Å²) in [4.78, 5) is 1.59. The number of hydrogen-bond donors (Lipinski definition) is 1. The maximum Gasteiger partial charge on any atom is 0.296 e. The molecule has 0 aliphatic rings. The van der Waals surface area contributed by atoms with Crippen LogP contribution in [0.3, 0.4) is 0 Å². The van der Waals surface area contributed by atoms with E-state index in [2.05, 4.69) is 0 Å². The monoisotopic (exact) mass is 473 g/mol. The first-order valence-electron chi connectivity index (χ1n) is 10.3. The Morgan fingerprint density at radius 3 is 1.56 bits per heavy atom. The van der Waals surface area contributed by atoms with Crippen LogP contribution in [0.2, 0.25) is 0 Å². The first-order chi connectivity index (χ1) is 14.7. The third-order valence-corrected chi connectivity index (χ3v) is 5.74. The van der Waals surface area contributed by atoms with E-state index < -0.39 is 39.6 Å². The first kappa shape index (κ1) is 26.6. The standard InChI is InChI=1S/C23H30ClF2NO5/c1-15(2)27(16(3)4)22(32-24(29,30)31)23(5,28)14-21(17-6-10-19(25)11-7-17)18-8-12-20(26)13-9-18/h6-13,15-16,21-22,28H,14H2,1-5H3. The lowest BCUT2D eigenvalue weighted by Gasteiger charge is -2.42. The number of benzene rings is 2. The predicted molar refractivity (Wildman–Crippen MR) is 107 cm³/mol. The minimum Gasteiger partial charge on any atom is -0.385 e. The summed E-state index contributed by atoms with van der Waals surface area (Å²) in [6.07, 6.45) is -1.58. The lowest BCUT2D eigenvalue weighted by molar-refractivity contribution is -1.92. The third-order valence-electron chi connectivity index (χ3n) is 5.35. The highest BCUT2D eigenvalue weighted by molar-refractivity contribution is 5.33. The average molecular weight is 474 g/mol. The van der Waals surface area contributed by atoms with Crippen LogP contribution in [0.4, 0.5) is 8.78 Å². The second kappa shape index (κ2) is 10.5. The minimum atomic E-state index is -4.84. The van der Waals surface area contributed by atoms with Gasteiger partial charge in [0.2, 0.25) is 0 Å². The van der Waals surface area contributed by atoms with Crippen LogP contribution < -0.4 is 14.0 Å².